The summed E-state index contributed by atoms with van der Waals surface area (Å²) in [6, 6.07) is 6.77. The van der Waals surface area contributed by atoms with Gasteiger partial charge in [0.1, 0.15) is 5.75 Å². The monoisotopic (exact) mass is 368 g/mol. The molecule has 25 heavy (non-hydrogen) atoms. The largest absolute Gasteiger partial charge is 0.497 e. The zero-order valence-electron chi connectivity index (χ0n) is 14.5. The van der Waals surface area contributed by atoms with Crippen LogP contribution in [0, 0.1) is 0 Å². The van der Waals surface area contributed by atoms with Gasteiger partial charge >= 0.3 is 6.03 Å². The standard InChI is InChI=1S/C17H24N2O5S/c1-23-10-9-19(15-7-11-25(21,22)13-15)17(20)18-8-6-14-4-3-5-16(12-14)24-2/h3-6,8,12,15H,7,9-11,13H2,1-2H3,(H,18,20)/b8-6+. The highest BCUT2D eigenvalue weighted by Crippen LogP contribution is 2.18. The fourth-order valence-electron chi connectivity index (χ4n) is 2.70. The van der Waals surface area contributed by atoms with Crippen LogP contribution < -0.4 is 10.1 Å². The van der Waals surface area contributed by atoms with Gasteiger partial charge in [0.25, 0.3) is 0 Å². The van der Waals surface area contributed by atoms with Crippen molar-refractivity contribution in [3.63, 3.8) is 0 Å². The Hall–Kier alpha value is -2.06. The number of urea groups is 1. The second-order valence-corrected chi connectivity index (χ2v) is 8.03. The highest BCUT2D eigenvalue weighted by molar-refractivity contribution is 7.91. The van der Waals surface area contributed by atoms with Crippen LogP contribution in [0.3, 0.4) is 0 Å². The number of carbonyl (C=O) groups is 1. The summed E-state index contributed by atoms with van der Waals surface area (Å²) in [6.07, 6.45) is 3.75. The zero-order chi connectivity index (χ0) is 18.3. The van der Waals surface area contributed by atoms with E-state index in [4.69, 9.17) is 9.47 Å². The molecule has 7 nitrogen and oxygen atoms in total. The number of nitrogens with one attached hydrogen (secondary N) is 1. The van der Waals surface area contributed by atoms with Crippen LogP contribution in [0.5, 0.6) is 5.75 Å². The maximum atomic E-state index is 12.4. The molecule has 0 aliphatic carbocycles. The van der Waals surface area contributed by atoms with Crippen molar-refractivity contribution in [2.75, 3.05) is 38.9 Å². The predicted molar refractivity (Wildman–Crippen MR) is 96.2 cm³/mol. The molecule has 8 heteroatoms. The Bertz CT molecular complexity index is 718. The quantitative estimate of drug-likeness (QED) is 0.789. The number of rotatable bonds is 7. The third kappa shape index (κ3) is 5.75. The fourth-order valence-corrected chi connectivity index (χ4v) is 4.43. The van der Waals surface area contributed by atoms with Gasteiger partial charge in [0.2, 0.25) is 0 Å². The lowest BCUT2D eigenvalue weighted by molar-refractivity contribution is 0.135. The van der Waals surface area contributed by atoms with Crippen LogP contribution in [-0.4, -0.2) is 64.3 Å². The van der Waals surface area contributed by atoms with Crippen LogP contribution in [-0.2, 0) is 14.6 Å². The van der Waals surface area contributed by atoms with Gasteiger partial charge < -0.3 is 19.7 Å². The van der Waals surface area contributed by atoms with Crippen LogP contribution in [0.25, 0.3) is 6.08 Å². The Morgan fingerprint density at radius 1 is 1.40 bits per heavy atom. The second kappa shape index (κ2) is 8.87. The minimum absolute atomic E-state index is 0.00370. The smallest absolute Gasteiger partial charge is 0.321 e. The third-order valence-corrected chi connectivity index (χ3v) is 5.77. The topological polar surface area (TPSA) is 84.9 Å². The van der Waals surface area contributed by atoms with E-state index in [-0.39, 0.29) is 23.6 Å². The summed E-state index contributed by atoms with van der Waals surface area (Å²) in [7, 11) is 0.0724. The molecule has 1 heterocycles. The number of nitrogens with zero attached hydrogens (tertiary/aromatic N) is 1. The first-order valence-corrected chi connectivity index (χ1v) is 9.84. The Balaban J connectivity index is 2.00. The van der Waals surface area contributed by atoms with E-state index >= 15 is 0 Å². The van der Waals surface area contributed by atoms with E-state index in [1.807, 2.05) is 24.3 Å². The van der Waals surface area contributed by atoms with E-state index in [0.29, 0.717) is 19.6 Å². The maximum Gasteiger partial charge on any atom is 0.321 e. The molecule has 0 saturated carbocycles. The average molecular weight is 368 g/mol. The highest BCUT2D eigenvalue weighted by Gasteiger charge is 2.34. The normalized spacial score (nSPS) is 19.0. The summed E-state index contributed by atoms with van der Waals surface area (Å²) in [4.78, 5) is 14.0. The molecule has 138 valence electrons. The molecule has 0 bridgehead atoms. The number of benzene rings is 1. The van der Waals surface area contributed by atoms with Gasteiger partial charge in [0.15, 0.2) is 9.84 Å². The third-order valence-electron chi connectivity index (χ3n) is 4.02. The summed E-state index contributed by atoms with van der Waals surface area (Å²) < 4.78 is 33.6. The van der Waals surface area contributed by atoms with Crippen molar-refractivity contribution in [2.24, 2.45) is 0 Å². The number of hydrogen-bond donors (Lipinski definition) is 1. The first kappa shape index (κ1) is 19.3. The number of amides is 2. The van der Waals surface area contributed by atoms with Gasteiger partial charge in [-0.2, -0.15) is 0 Å². The van der Waals surface area contributed by atoms with Crippen molar-refractivity contribution in [1.29, 1.82) is 0 Å². The van der Waals surface area contributed by atoms with Crippen molar-refractivity contribution in [3.8, 4) is 5.75 Å². The summed E-state index contributed by atoms with van der Waals surface area (Å²) in [5, 5.41) is 2.70. The average Bonchev–Trinajstić information content (AvgIpc) is 2.95. The summed E-state index contributed by atoms with van der Waals surface area (Å²) in [5.41, 5.74) is 0.881. The van der Waals surface area contributed by atoms with Gasteiger partial charge in [-0.05, 0) is 30.2 Å². The Morgan fingerprint density at radius 3 is 2.84 bits per heavy atom. The number of sulfone groups is 1. The van der Waals surface area contributed by atoms with E-state index in [2.05, 4.69) is 5.32 Å². The zero-order valence-corrected chi connectivity index (χ0v) is 15.3. The van der Waals surface area contributed by atoms with E-state index in [9.17, 15) is 13.2 Å². The molecule has 1 aliphatic heterocycles. The van der Waals surface area contributed by atoms with E-state index in [0.717, 1.165) is 11.3 Å². The minimum Gasteiger partial charge on any atom is -0.497 e. The van der Waals surface area contributed by atoms with Gasteiger partial charge in [-0.3, -0.25) is 0 Å². The van der Waals surface area contributed by atoms with Crippen LogP contribution in [0.15, 0.2) is 30.5 Å². The van der Waals surface area contributed by atoms with Crippen molar-refractivity contribution in [3.05, 3.63) is 36.0 Å². The molecule has 1 saturated heterocycles. The SMILES string of the molecule is COCCN(C(=O)N/C=C/c1cccc(OC)c1)C1CCS(=O)(=O)C1. The van der Waals surface area contributed by atoms with Gasteiger partial charge in [-0.1, -0.05) is 12.1 Å². The molecule has 2 rings (SSSR count). The molecule has 1 aliphatic rings. The Morgan fingerprint density at radius 2 is 2.20 bits per heavy atom. The Kier molecular flexibility index (Phi) is 6.83. The van der Waals surface area contributed by atoms with Gasteiger partial charge in [0.05, 0.1) is 25.2 Å². The molecule has 0 aromatic heterocycles. The molecule has 1 unspecified atom stereocenters. The molecular formula is C17H24N2O5S. The highest BCUT2D eigenvalue weighted by atomic mass is 32.2. The molecule has 1 atom stereocenters. The first-order valence-electron chi connectivity index (χ1n) is 8.02. The number of ether oxygens (including phenoxy) is 2. The maximum absolute atomic E-state index is 12.4. The lowest BCUT2D eigenvalue weighted by Gasteiger charge is -2.27. The van der Waals surface area contributed by atoms with Crippen LogP contribution in [0.1, 0.15) is 12.0 Å². The molecule has 1 fully saturated rings. The van der Waals surface area contributed by atoms with Crippen LogP contribution >= 0.6 is 0 Å². The Labute approximate surface area is 148 Å². The molecule has 1 N–H and O–H groups in total. The second-order valence-electron chi connectivity index (χ2n) is 5.80. The van der Waals surface area contributed by atoms with Crippen molar-refractivity contribution < 1.29 is 22.7 Å². The fraction of sp³-hybridized carbons (Fsp3) is 0.471. The molecule has 0 radical (unpaired) electrons. The van der Waals surface area contributed by atoms with Crippen LogP contribution in [0.4, 0.5) is 4.79 Å². The summed E-state index contributed by atoms with van der Waals surface area (Å²) in [6.45, 7) is 0.694. The molecule has 1 aromatic carbocycles. The van der Waals surface area contributed by atoms with Crippen molar-refractivity contribution in [1.82, 2.24) is 10.2 Å². The van der Waals surface area contributed by atoms with E-state index in [1.165, 1.54) is 4.90 Å². The van der Waals surface area contributed by atoms with Crippen LogP contribution in [0.2, 0.25) is 0 Å². The number of hydrogen-bond acceptors (Lipinski definition) is 5. The summed E-state index contributed by atoms with van der Waals surface area (Å²) in [5.74, 6) is 0.851. The number of methoxy groups -OCH3 is 2. The number of carbonyl (C=O) groups excluding carboxylic acids is 1. The lowest BCUT2D eigenvalue weighted by Crippen LogP contribution is -2.46. The van der Waals surface area contributed by atoms with Crippen molar-refractivity contribution >= 4 is 21.9 Å². The minimum atomic E-state index is -3.06. The molecule has 1 aromatic rings. The van der Waals surface area contributed by atoms with Crippen molar-refractivity contribution in [2.45, 2.75) is 12.5 Å². The van der Waals surface area contributed by atoms with E-state index < -0.39 is 9.84 Å². The van der Waals surface area contributed by atoms with Gasteiger partial charge in [-0.15, -0.1) is 0 Å². The molecule has 0 spiro atoms. The van der Waals surface area contributed by atoms with Gasteiger partial charge in [0, 0.05) is 25.9 Å². The predicted octanol–water partition coefficient (Wildman–Crippen LogP) is 1.51. The first-order chi connectivity index (χ1) is 11.9. The molecule has 2 amide bonds. The summed E-state index contributed by atoms with van der Waals surface area (Å²) >= 11 is 0. The molecular weight excluding hydrogens is 344 g/mol. The lowest BCUT2D eigenvalue weighted by atomic mass is 10.2. The van der Waals surface area contributed by atoms with Gasteiger partial charge in [-0.25, -0.2) is 13.2 Å². The van der Waals surface area contributed by atoms with E-state index in [1.54, 1.807) is 26.5 Å².